The molecule has 0 radical (unpaired) electrons. The van der Waals surface area contributed by atoms with Gasteiger partial charge < -0.3 is 9.15 Å². The average Bonchev–Trinajstić information content (AvgIpc) is 2.94. The van der Waals surface area contributed by atoms with Crippen molar-refractivity contribution < 1.29 is 9.15 Å². The van der Waals surface area contributed by atoms with Crippen LogP contribution < -0.4 is 4.74 Å². The molecule has 0 atom stereocenters. The van der Waals surface area contributed by atoms with Crippen LogP contribution in [0, 0.1) is 0 Å². The topological polar surface area (TPSA) is 35.3 Å². The molecule has 0 N–H and O–H groups in total. The fourth-order valence-electron chi connectivity index (χ4n) is 1.81. The van der Waals surface area contributed by atoms with Crippen LogP contribution in [0.4, 0.5) is 0 Å². The molecule has 2 aromatic rings. The minimum atomic E-state index is 0.587. The highest BCUT2D eigenvalue weighted by molar-refractivity contribution is 9.09. The average molecular weight is 324 g/mol. The molecule has 1 aromatic heterocycles. The van der Waals surface area contributed by atoms with Crippen LogP contribution in [0.15, 0.2) is 41.1 Å². The molecule has 0 aliphatic heterocycles. The minimum Gasteiger partial charge on any atom is -0.493 e. The van der Waals surface area contributed by atoms with Crippen molar-refractivity contribution in [3.05, 3.63) is 48.2 Å². The van der Waals surface area contributed by atoms with Crippen LogP contribution in [0.3, 0.4) is 0 Å². The molecule has 4 heteroatoms. The number of hydrogen-bond donors (Lipinski definition) is 0. The summed E-state index contributed by atoms with van der Waals surface area (Å²) in [4.78, 5) is 4.05. The third-order valence-electron chi connectivity index (χ3n) is 2.84. The third-order valence-corrected chi connectivity index (χ3v) is 3.40. The summed E-state index contributed by atoms with van der Waals surface area (Å²) in [5, 5.41) is 1.08. The number of halogens is 1. The van der Waals surface area contributed by atoms with Gasteiger partial charge in [-0.25, -0.2) is 4.98 Å². The van der Waals surface area contributed by atoms with Crippen molar-refractivity contribution >= 4 is 15.9 Å². The van der Waals surface area contributed by atoms with Crippen LogP contribution in [0.1, 0.15) is 24.3 Å². The van der Waals surface area contributed by atoms with Crippen LogP contribution in [0.5, 0.6) is 5.75 Å². The Morgan fingerprint density at radius 2 is 1.95 bits per heavy atom. The van der Waals surface area contributed by atoms with E-state index in [2.05, 4.69) is 33.0 Å². The quantitative estimate of drug-likeness (QED) is 0.543. The van der Waals surface area contributed by atoms with Gasteiger partial charge in [0, 0.05) is 5.33 Å². The number of rotatable bonds is 8. The first kappa shape index (κ1) is 14.1. The van der Waals surface area contributed by atoms with E-state index in [4.69, 9.17) is 9.15 Å². The third kappa shape index (κ3) is 5.07. The number of benzene rings is 1. The predicted octanol–water partition coefficient (Wildman–Crippen LogP) is 4.01. The number of hydrogen-bond acceptors (Lipinski definition) is 3. The molecule has 0 aliphatic rings. The normalized spacial score (nSPS) is 10.6. The number of aryl methyl sites for hydroxylation is 1. The fraction of sp³-hybridized carbons (Fsp3) is 0.400. The standard InChI is InChI=1S/C15H18BrNO2/c16-9-2-1-3-13-4-6-14(7-5-13)18-11-8-15-17-10-12-19-15/h4-7,10,12H,1-3,8-9,11H2. The number of unbranched alkanes of at least 4 members (excludes halogenated alkanes) is 1. The lowest BCUT2D eigenvalue weighted by molar-refractivity contribution is 0.306. The lowest BCUT2D eigenvalue weighted by Crippen LogP contribution is -2.01. The number of aromatic nitrogens is 1. The second-order valence-corrected chi connectivity index (χ2v) is 5.11. The van der Waals surface area contributed by atoms with Crippen molar-refractivity contribution in [2.24, 2.45) is 0 Å². The van der Waals surface area contributed by atoms with E-state index in [9.17, 15) is 0 Å². The highest BCUT2D eigenvalue weighted by atomic mass is 79.9. The summed E-state index contributed by atoms with van der Waals surface area (Å²) >= 11 is 3.45. The summed E-state index contributed by atoms with van der Waals surface area (Å²) in [6.07, 6.45) is 7.49. The minimum absolute atomic E-state index is 0.587. The van der Waals surface area contributed by atoms with E-state index in [1.165, 1.54) is 18.4 Å². The Morgan fingerprint density at radius 3 is 2.63 bits per heavy atom. The van der Waals surface area contributed by atoms with Gasteiger partial charge in [-0.1, -0.05) is 28.1 Å². The van der Waals surface area contributed by atoms with Crippen molar-refractivity contribution in [1.82, 2.24) is 4.98 Å². The monoisotopic (exact) mass is 323 g/mol. The van der Waals surface area contributed by atoms with Gasteiger partial charge in [0.2, 0.25) is 0 Å². The fourth-order valence-corrected chi connectivity index (χ4v) is 2.21. The Kier molecular flexibility index (Phi) is 5.95. The molecule has 0 saturated carbocycles. The molecule has 0 saturated heterocycles. The van der Waals surface area contributed by atoms with Gasteiger partial charge >= 0.3 is 0 Å². The second kappa shape index (κ2) is 8.00. The van der Waals surface area contributed by atoms with E-state index >= 15 is 0 Å². The van der Waals surface area contributed by atoms with Crippen molar-refractivity contribution in [1.29, 1.82) is 0 Å². The van der Waals surface area contributed by atoms with Crippen LogP contribution in [0.25, 0.3) is 0 Å². The number of ether oxygens (including phenoxy) is 1. The lowest BCUT2D eigenvalue weighted by Gasteiger charge is -2.06. The number of oxazole rings is 1. The zero-order valence-corrected chi connectivity index (χ0v) is 12.4. The molecule has 0 spiro atoms. The van der Waals surface area contributed by atoms with Gasteiger partial charge in [-0.15, -0.1) is 0 Å². The maximum atomic E-state index is 5.65. The Balaban J connectivity index is 1.72. The van der Waals surface area contributed by atoms with E-state index in [1.807, 2.05) is 12.1 Å². The second-order valence-electron chi connectivity index (χ2n) is 4.31. The summed E-state index contributed by atoms with van der Waals surface area (Å²) in [7, 11) is 0. The van der Waals surface area contributed by atoms with Gasteiger partial charge in [-0.3, -0.25) is 0 Å². The van der Waals surface area contributed by atoms with Gasteiger partial charge in [0.15, 0.2) is 5.89 Å². The van der Waals surface area contributed by atoms with Crippen molar-refractivity contribution in [2.45, 2.75) is 25.7 Å². The zero-order valence-electron chi connectivity index (χ0n) is 10.8. The van der Waals surface area contributed by atoms with E-state index in [0.29, 0.717) is 18.9 Å². The highest BCUT2D eigenvalue weighted by Crippen LogP contribution is 2.14. The maximum Gasteiger partial charge on any atom is 0.197 e. The lowest BCUT2D eigenvalue weighted by atomic mass is 10.1. The number of alkyl halides is 1. The van der Waals surface area contributed by atoms with E-state index in [-0.39, 0.29) is 0 Å². The number of nitrogens with zero attached hydrogens (tertiary/aromatic N) is 1. The molecule has 1 aromatic carbocycles. The van der Waals surface area contributed by atoms with Crippen LogP contribution >= 0.6 is 15.9 Å². The Hall–Kier alpha value is -1.29. The van der Waals surface area contributed by atoms with Gasteiger partial charge in [0.05, 0.1) is 19.2 Å². The highest BCUT2D eigenvalue weighted by Gasteiger charge is 1.99. The summed E-state index contributed by atoms with van der Waals surface area (Å²) < 4.78 is 10.8. The van der Waals surface area contributed by atoms with Gasteiger partial charge in [-0.05, 0) is 37.0 Å². The maximum absolute atomic E-state index is 5.65. The summed E-state index contributed by atoms with van der Waals surface area (Å²) in [5.74, 6) is 1.61. The molecule has 102 valence electrons. The predicted molar refractivity (Wildman–Crippen MR) is 78.9 cm³/mol. The van der Waals surface area contributed by atoms with Gasteiger partial charge in [-0.2, -0.15) is 0 Å². The molecule has 0 bridgehead atoms. The SMILES string of the molecule is BrCCCCc1ccc(OCCc2ncco2)cc1. The van der Waals surface area contributed by atoms with E-state index < -0.39 is 0 Å². The Morgan fingerprint density at radius 1 is 1.11 bits per heavy atom. The zero-order chi connectivity index (χ0) is 13.3. The molecule has 2 rings (SSSR count). The van der Waals surface area contributed by atoms with E-state index in [0.717, 1.165) is 17.5 Å². The molecular formula is C15H18BrNO2. The Bertz CT molecular complexity index is 454. The summed E-state index contributed by atoms with van der Waals surface area (Å²) in [6.45, 7) is 0.587. The largest absolute Gasteiger partial charge is 0.493 e. The first-order valence-electron chi connectivity index (χ1n) is 6.54. The molecule has 3 nitrogen and oxygen atoms in total. The smallest absolute Gasteiger partial charge is 0.197 e. The first-order valence-corrected chi connectivity index (χ1v) is 7.66. The molecule has 1 heterocycles. The van der Waals surface area contributed by atoms with Crippen molar-refractivity contribution in [3.8, 4) is 5.75 Å². The van der Waals surface area contributed by atoms with Crippen LogP contribution in [-0.4, -0.2) is 16.9 Å². The van der Waals surface area contributed by atoms with Crippen LogP contribution in [-0.2, 0) is 12.8 Å². The summed E-state index contributed by atoms with van der Waals surface area (Å²) in [6, 6.07) is 8.32. The first-order chi connectivity index (χ1) is 9.38. The van der Waals surface area contributed by atoms with Crippen LogP contribution in [0.2, 0.25) is 0 Å². The Labute approximate surface area is 122 Å². The molecule has 0 fully saturated rings. The van der Waals surface area contributed by atoms with E-state index in [1.54, 1.807) is 12.5 Å². The molecule has 0 amide bonds. The molecular weight excluding hydrogens is 306 g/mol. The molecule has 0 unspecified atom stereocenters. The summed E-state index contributed by atoms with van der Waals surface area (Å²) in [5.41, 5.74) is 1.36. The van der Waals surface area contributed by atoms with Crippen molar-refractivity contribution in [3.63, 3.8) is 0 Å². The molecule has 0 aliphatic carbocycles. The van der Waals surface area contributed by atoms with Gasteiger partial charge in [0.25, 0.3) is 0 Å². The molecule has 19 heavy (non-hydrogen) atoms. The van der Waals surface area contributed by atoms with Crippen molar-refractivity contribution in [2.75, 3.05) is 11.9 Å². The van der Waals surface area contributed by atoms with Gasteiger partial charge in [0.1, 0.15) is 12.0 Å².